The predicted molar refractivity (Wildman–Crippen MR) is 75.8 cm³/mol. The number of nitrogens with zero attached hydrogens (tertiary/aromatic N) is 1. The Morgan fingerprint density at radius 3 is 3.16 bits per heavy atom. The molecular formula is C15H19N3O. The van der Waals surface area contributed by atoms with Crippen LogP contribution in [0.15, 0.2) is 30.5 Å². The molecule has 1 unspecified atom stereocenters. The first-order valence-corrected chi connectivity index (χ1v) is 6.76. The van der Waals surface area contributed by atoms with Gasteiger partial charge in [0.15, 0.2) is 0 Å². The van der Waals surface area contributed by atoms with Gasteiger partial charge in [0.25, 0.3) is 0 Å². The van der Waals surface area contributed by atoms with Crippen LogP contribution in [0.2, 0.25) is 0 Å². The lowest BCUT2D eigenvalue weighted by molar-refractivity contribution is -0.132. The van der Waals surface area contributed by atoms with Gasteiger partial charge in [-0.2, -0.15) is 0 Å². The summed E-state index contributed by atoms with van der Waals surface area (Å²) >= 11 is 0. The molecule has 0 radical (unpaired) electrons. The summed E-state index contributed by atoms with van der Waals surface area (Å²) in [5, 5.41) is 4.79. The zero-order chi connectivity index (χ0) is 13.2. The van der Waals surface area contributed by atoms with E-state index in [0.717, 1.165) is 19.5 Å². The number of carbonyl (C=O) groups excluding carboxylic acids is 1. The van der Waals surface area contributed by atoms with Gasteiger partial charge in [0, 0.05) is 44.3 Å². The molecule has 1 aromatic heterocycles. The summed E-state index contributed by atoms with van der Waals surface area (Å²) in [5.41, 5.74) is 2.46. The van der Waals surface area contributed by atoms with Gasteiger partial charge in [-0.15, -0.1) is 0 Å². The van der Waals surface area contributed by atoms with Crippen molar-refractivity contribution >= 4 is 16.8 Å². The Hall–Kier alpha value is -1.81. The Labute approximate surface area is 112 Å². The maximum Gasteiger partial charge on any atom is 0.222 e. The van der Waals surface area contributed by atoms with Crippen LogP contribution in [-0.4, -0.2) is 35.4 Å². The smallest absolute Gasteiger partial charge is 0.222 e. The van der Waals surface area contributed by atoms with E-state index in [1.165, 1.54) is 16.5 Å². The number of nitrogens with one attached hydrogen (secondary N) is 2. The first-order valence-electron chi connectivity index (χ1n) is 6.76. The van der Waals surface area contributed by atoms with Crippen molar-refractivity contribution in [3.05, 3.63) is 36.0 Å². The molecule has 1 amide bonds. The quantitative estimate of drug-likeness (QED) is 0.882. The molecule has 0 saturated carbocycles. The van der Waals surface area contributed by atoms with Gasteiger partial charge >= 0.3 is 0 Å². The van der Waals surface area contributed by atoms with Gasteiger partial charge in [0.05, 0.1) is 0 Å². The van der Waals surface area contributed by atoms with Crippen LogP contribution in [0.3, 0.4) is 0 Å². The van der Waals surface area contributed by atoms with Crippen molar-refractivity contribution in [2.75, 3.05) is 13.6 Å². The summed E-state index contributed by atoms with van der Waals surface area (Å²) in [6.07, 6.45) is 3.56. The second-order valence-corrected chi connectivity index (χ2v) is 5.29. The van der Waals surface area contributed by atoms with E-state index < -0.39 is 0 Å². The lowest BCUT2D eigenvalue weighted by Gasteiger charge is -2.30. The van der Waals surface area contributed by atoms with Gasteiger partial charge in [-0.25, -0.2) is 0 Å². The maximum atomic E-state index is 11.4. The molecule has 1 aliphatic heterocycles. The fourth-order valence-electron chi connectivity index (χ4n) is 2.65. The van der Waals surface area contributed by atoms with Gasteiger partial charge in [0.1, 0.15) is 0 Å². The highest BCUT2D eigenvalue weighted by Crippen LogP contribution is 2.15. The molecule has 19 heavy (non-hydrogen) atoms. The standard InChI is InChI=1S/C15H19N3O/c1-18-10-13(3-5-15(18)19)17-9-11-2-4-14-12(8-11)6-7-16-14/h2,4,6-8,13,16-17H,3,5,9-10H2,1H3. The predicted octanol–water partition coefficient (Wildman–Crippen LogP) is 1.88. The molecular weight excluding hydrogens is 238 g/mol. The summed E-state index contributed by atoms with van der Waals surface area (Å²) in [6.45, 7) is 1.67. The first-order chi connectivity index (χ1) is 9.22. The number of hydrogen-bond acceptors (Lipinski definition) is 2. The van der Waals surface area contributed by atoms with Crippen LogP contribution < -0.4 is 5.32 Å². The van der Waals surface area contributed by atoms with Crippen molar-refractivity contribution in [1.82, 2.24) is 15.2 Å². The van der Waals surface area contributed by atoms with Crippen LogP contribution >= 0.6 is 0 Å². The van der Waals surface area contributed by atoms with Gasteiger partial charge in [0.2, 0.25) is 5.91 Å². The van der Waals surface area contributed by atoms with Crippen LogP contribution in [0.4, 0.5) is 0 Å². The van der Waals surface area contributed by atoms with Crippen molar-refractivity contribution in [2.24, 2.45) is 0 Å². The number of rotatable bonds is 3. The monoisotopic (exact) mass is 257 g/mol. The van der Waals surface area contributed by atoms with Crippen molar-refractivity contribution in [1.29, 1.82) is 0 Å². The van der Waals surface area contributed by atoms with Crippen LogP contribution in [0.25, 0.3) is 10.9 Å². The van der Waals surface area contributed by atoms with Crippen molar-refractivity contribution in [3.63, 3.8) is 0 Å². The number of fused-ring (bicyclic) bond motifs is 1. The summed E-state index contributed by atoms with van der Waals surface area (Å²) in [4.78, 5) is 16.4. The van der Waals surface area contributed by atoms with Crippen LogP contribution in [-0.2, 0) is 11.3 Å². The number of aromatic amines is 1. The molecule has 1 saturated heterocycles. The SMILES string of the molecule is CN1CC(NCc2ccc3[nH]ccc3c2)CCC1=O. The van der Waals surface area contributed by atoms with Crippen molar-refractivity contribution < 1.29 is 4.79 Å². The highest BCUT2D eigenvalue weighted by Gasteiger charge is 2.22. The Kier molecular flexibility index (Phi) is 3.25. The summed E-state index contributed by atoms with van der Waals surface area (Å²) < 4.78 is 0. The Morgan fingerprint density at radius 2 is 2.32 bits per heavy atom. The van der Waals surface area contributed by atoms with Gasteiger partial charge in [-0.1, -0.05) is 6.07 Å². The van der Waals surface area contributed by atoms with E-state index in [2.05, 4.69) is 34.6 Å². The normalized spacial score (nSPS) is 20.2. The minimum Gasteiger partial charge on any atom is -0.361 e. The van der Waals surface area contributed by atoms with E-state index in [4.69, 9.17) is 0 Å². The average molecular weight is 257 g/mol. The van der Waals surface area contributed by atoms with E-state index in [0.29, 0.717) is 12.5 Å². The van der Waals surface area contributed by atoms with E-state index in [-0.39, 0.29) is 5.91 Å². The molecule has 2 aromatic rings. The Bertz CT molecular complexity index is 590. The number of H-pyrrole nitrogens is 1. The third-order valence-corrected chi connectivity index (χ3v) is 3.84. The molecule has 0 aliphatic carbocycles. The van der Waals surface area contributed by atoms with Crippen LogP contribution in [0, 0.1) is 0 Å². The molecule has 2 N–H and O–H groups in total. The first kappa shape index (κ1) is 12.2. The number of piperidine rings is 1. The minimum absolute atomic E-state index is 0.256. The van der Waals surface area contributed by atoms with E-state index in [1.54, 1.807) is 0 Å². The molecule has 4 heteroatoms. The number of carbonyl (C=O) groups is 1. The van der Waals surface area contributed by atoms with Crippen LogP contribution in [0.1, 0.15) is 18.4 Å². The largest absolute Gasteiger partial charge is 0.361 e. The van der Waals surface area contributed by atoms with Gasteiger partial charge in [-0.05, 0) is 35.6 Å². The van der Waals surface area contributed by atoms with E-state index >= 15 is 0 Å². The molecule has 0 spiro atoms. The number of amides is 1. The summed E-state index contributed by atoms with van der Waals surface area (Å²) in [5.74, 6) is 0.256. The second kappa shape index (κ2) is 5.05. The second-order valence-electron chi connectivity index (χ2n) is 5.29. The number of likely N-dealkylation sites (tertiary alicyclic amines) is 1. The van der Waals surface area contributed by atoms with Crippen molar-refractivity contribution in [3.8, 4) is 0 Å². The maximum absolute atomic E-state index is 11.4. The molecule has 3 rings (SSSR count). The number of likely N-dealkylation sites (N-methyl/N-ethyl adjacent to an activating group) is 1. The highest BCUT2D eigenvalue weighted by molar-refractivity contribution is 5.79. The molecule has 1 fully saturated rings. The van der Waals surface area contributed by atoms with Gasteiger partial charge < -0.3 is 15.2 Å². The van der Waals surface area contributed by atoms with Gasteiger partial charge in [-0.3, -0.25) is 4.79 Å². The third-order valence-electron chi connectivity index (χ3n) is 3.84. The van der Waals surface area contributed by atoms with E-state index in [1.807, 2.05) is 18.1 Å². The molecule has 1 aliphatic rings. The van der Waals surface area contributed by atoms with E-state index in [9.17, 15) is 4.79 Å². The molecule has 4 nitrogen and oxygen atoms in total. The zero-order valence-electron chi connectivity index (χ0n) is 11.1. The number of hydrogen-bond donors (Lipinski definition) is 2. The Morgan fingerprint density at radius 1 is 1.42 bits per heavy atom. The Balaban J connectivity index is 1.61. The molecule has 1 aromatic carbocycles. The molecule has 100 valence electrons. The fraction of sp³-hybridized carbons (Fsp3) is 0.400. The third kappa shape index (κ3) is 2.63. The lowest BCUT2D eigenvalue weighted by atomic mass is 10.1. The molecule has 0 bridgehead atoms. The topological polar surface area (TPSA) is 48.1 Å². The molecule has 1 atom stereocenters. The van der Waals surface area contributed by atoms with Crippen molar-refractivity contribution in [2.45, 2.75) is 25.4 Å². The number of aromatic nitrogens is 1. The fourth-order valence-corrected chi connectivity index (χ4v) is 2.65. The lowest BCUT2D eigenvalue weighted by Crippen LogP contribution is -2.46. The highest BCUT2D eigenvalue weighted by atomic mass is 16.2. The molecule has 2 heterocycles. The minimum atomic E-state index is 0.256. The average Bonchev–Trinajstić information content (AvgIpc) is 2.87. The zero-order valence-corrected chi connectivity index (χ0v) is 11.1. The summed E-state index contributed by atoms with van der Waals surface area (Å²) in [6, 6.07) is 8.96. The summed E-state index contributed by atoms with van der Waals surface area (Å²) in [7, 11) is 1.88. The number of benzene rings is 1. The van der Waals surface area contributed by atoms with Crippen LogP contribution in [0.5, 0.6) is 0 Å².